The van der Waals surface area contributed by atoms with E-state index in [1.165, 1.54) is 0 Å². The van der Waals surface area contributed by atoms with Crippen molar-refractivity contribution < 1.29 is 9.94 Å². The third-order valence-corrected chi connectivity index (χ3v) is 3.13. The largest absolute Gasteiger partial charge is 0.494 e. The lowest BCUT2D eigenvalue weighted by molar-refractivity contribution is 0.318. The maximum atomic E-state index is 8.72. The highest BCUT2D eigenvalue weighted by atomic mass is 35.6. The van der Waals surface area contributed by atoms with Crippen LogP contribution in [0.4, 0.5) is 0 Å². The van der Waals surface area contributed by atoms with Crippen LogP contribution in [0.5, 0.6) is 5.75 Å². The second kappa shape index (κ2) is 6.71. The van der Waals surface area contributed by atoms with Gasteiger partial charge < -0.3 is 9.94 Å². The zero-order valence-corrected chi connectivity index (χ0v) is 12.4. The molecule has 0 fully saturated rings. The molecule has 1 aromatic carbocycles. The van der Waals surface area contributed by atoms with Gasteiger partial charge in [0.2, 0.25) is 3.79 Å². The highest BCUT2D eigenvalue weighted by molar-refractivity contribution is 6.74. The molecule has 0 saturated carbocycles. The summed E-state index contributed by atoms with van der Waals surface area (Å²) in [7, 11) is 0. The van der Waals surface area contributed by atoms with Gasteiger partial charge in [-0.15, -0.1) is 0 Å². The standard InChI is InChI=1S/C11H11Cl4NO2/c1-2-18-8-5-3-7(4-6-8)9(10(12)16-17)11(13,14)15/h3-6,9,17H,2H2,1H3/b16-10+. The van der Waals surface area contributed by atoms with Gasteiger partial charge in [-0.25, -0.2) is 0 Å². The van der Waals surface area contributed by atoms with E-state index in [0.29, 0.717) is 17.9 Å². The minimum Gasteiger partial charge on any atom is -0.494 e. The van der Waals surface area contributed by atoms with E-state index < -0.39 is 9.71 Å². The third-order valence-electron chi connectivity index (χ3n) is 2.19. The zero-order chi connectivity index (χ0) is 13.8. The Balaban J connectivity index is 3.07. The molecule has 1 aromatic rings. The number of oxime groups is 1. The lowest BCUT2D eigenvalue weighted by atomic mass is 10.0. The Morgan fingerprint density at radius 1 is 1.33 bits per heavy atom. The van der Waals surface area contributed by atoms with Crippen molar-refractivity contribution in [3.8, 4) is 5.75 Å². The molecule has 0 radical (unpaired) electrons. The van der Waals surface area contributed by atoms with Crippen LogP contribution >= 0.6 is 46.4 Å². The van der Waals surface area contributed by atoms with Gasteiger partial charge in [-0.1, -0.05) is 63.7 Å². The summed E-state index contributed by atoms with van der Waals surface area (Å²) >= 11 is 23.3. The van der Waals surface area contributed by atoms with Crippen LogP contribution in [0.25, 0.3) is 0 Å². The molecule has 18 heavy (non-hydrogen) atoms. The molecule has 0 aliphatic carbocycles. The number of halogens is 4. The second-order valence-electron chi connectivity index (χ2n) is 3.40. The van der Waals surface area contributed by atoms with Crippen LogP contribution in [0.1, 0.15) is 18.4 Å². The fourth-order valence-electron chi connectivity index (χ4n) is 1.44. The normalized spacial score (nSPS) is 14.4. The van der Waals surface area contributed by atoms with Crippen molar-refractivity contribution in [1.29, 1.82) is 0 Å². The van der Waals surface area contributed by atoms with E-state index in [1.54, 1.807) is 24.3 Å². The maximum absolute atomic E-state index is 8.72. The van der Waals surface area contributed by atoms with Crippen LogP contribution in [-0.4, -0.2) is 20.8 Å². The van der Waals surface area contributed by atoms with Crippen molar-refractivity contribution in [1.82, 2.24) is 0 Å². The molecule has 0 saturated heterocycles. The molecule has 0 aliphatic heterocycles. The Hall–Kier alpha value is -0.350. The van der Waals surface area contributed by atoms with E-state index in [1.807, 2.05) is 6.92 Å². The van der Waals surface area contributed by atoms with E-state index >= 15 is 0 Å². The van der Waals surface area contributed by atoms with Gasteiger partial charge in [0, 0.05) is 0 Å². The number of alkyl halides is 3. The summed E-state index contributed by atoms with van der Waals surface area (Å²) in [6, 6.07) is 6.85. The van der Waals surface area contributed by atoms with Crippen molar-refractivity contribution in [2.45, 2.75) is 16.6 Å². The molecular formula is C11H11Cl4NO2. The first-order chi connectivity index (χ1) is 8.40. The molecule has 3 nitrogen and oxygen atoms in total. The predicted molar refractivity (Wildman–Crippen MR) is 75.7 cm³/mol. The molecule has 7 heteroatoms. The van der Waals surface area contributed by atoms with Crippen LogP contribution < -0.4 is 4.74 Å². The molecule has 0 aromatic heterocycles. The third kappa shape index (κ3) is 4.09. The minimum absolute atomic E-state index is 0.195. The number of nitrogens with zero attached hydrogens (tertiary/aromatic N) is 1. The Labute approximate surface area is 125 Å². The molecule has 0 aliphatic rings. The first kappa shape index (κ1) is 15.7. The monoisotopic (exact) mass is 329 g/mol. The van der Waals surface area contributed by atoms with Gasteiger partial charge in [-0.2, -0.15) is 0 Å². The van der Waals surface area contributed by atoms with E-state index in [4.69, 9.17) is 56.3 Å². The van der Waals surface area contributed by atoms with Crippen molar-refractivity contribution in [2.75, 3.05) is 6.61 Å². The van der Waals surface area contributed by atoms with Crippen molar-refractivity contribution in [3.63, 3.8) is 0 Å². The van der Waals surface area contributed by atoms with E-state index in [-0.39, 0.29) is 5.17 Å². The summed E-state index contributed by atoms with van der Waals surface area (Å²) < 4.78 is 3.59. The van der Waals surface area contributed by atoms with Crippen molar-refractivity contribution in [3.05, 3.63) is 29.8 Å². The van der Waals surface area contributed by atoms with Gasteiger partial charge in [0.15, 0.2) is 5.17 Å². The number of hydrogen-bond acceptors (Lipinski definition) is 3. The Morgan fingerprint density at radius 3 is 2.28 bits per heavy atom. The number of rotatable bonds is 4. The van der Waals surface area contributed by atoms with Crippen LogP contribution in [-0.2, 0) is 0 Å². The molecule has 0 heterocycles. The molecule has 0 bridgehead atoms. The van der Waals surface area contributed by atoms with E-state index in [9.17, 15) is 0 Å². The summed E-state index contributed by atoms with van der Waals surface area (Å²) in [4.78, 5) is 0. The molecule has 1 atom stereocenters. The molecule has 100 valence electrons. The fraction of sp³-hybridized carbons (Fsp3) is 0.364. The molecule has 0 amide bonds. The molecular weight excluding hydrogens is 320 g/mol. The summed E-state index contributed by atoms with van der Waals surface area (Å²) in [6.45, 7) is 2.44. The Morgan fingerprint density at radius 2 is 1.89 bits per heavy atom. The fourth-order valence-corrected chi connectivity index (χ4v) is 2.59. The molecule has 1 unspecified atom stereocenters. The molecule has 1 N–H and O–H groups in total. The minimum atomic E-state index is -1.71. The zero-order valence-electron chi connectivity index (χ0n) is 9.41. The quantitative estimate of drug-likeness (QED) is 0.380. The Bertz CT molecular complexity index is 414. The lowest BCUT2D eigenvalue weighted by Crippen LogP contribution is -2.22. The van der Waals surface area contributed by atoms with Gasteiger partial charge in [-0.05, 0) is 24.6 Å². The van der Waals surface area contributed by atoms with Gasteiger partial charge in [-0.3, -0.25) is 0 Å². The summed E-state index contributed by atoms with van der Waals surface area (Å²) in [5.74, 6) is -0.147. The topological polar surface area (TPSA) is 41.8 Å². The SMILES string of the molecule is CCOc1ccc(C(/C(Cl)=N\O)C(Cl)(Cl)Cl)cc1. The van der Waals surface area contributed by atoms with Gasteiger partial charge in [0.25, 0.3) is 0 Å². The van der Waals surface area contributed by atoms with Gasteiger partial charge >= 0.3 is 0 Å². The smallest absolute Gasteiger partial charge is 0.203 e. The predicted octanol–water partition coefficient (Wildman–Crippen LogP) is 4.57. The van der Waals surface area contributed by atoms with Crippen molar-refractivity contribution in [2.24, 2.45) is 5.16 Å². The van der Waals surface area contributed by atoms with Crippen LogP contribution in [0.15, 0.2) is 29.4 Å². The Kier molecular flexibility index (Phi) is 5.86. The molecule has 0 spiro atoms. The highest BCUT2D eigenvalue weighted by Gasteiger charge is 2.37. The first-order valence-corrected chi connectivity index (χ1v) is 6.58. The first-order valence-electron chi connectivity index (χ1n) is 5.07. The number of benzene rings is 1. The van der Waals surface area contributed by atoms with Gasteiger partial charge in [0.05, 0.1) is 12.5 Å². The average molecular weight is 331 g/mol. The van der Waals surface area contributed by atoms with Crippen LogP contribution in [0, 0.1) is 0 Å². The maximum Gasteiger partial charge on any atom is 0.203 e. The van der Waals surface area contributed by atoms with Crippen LogP contribution in [0.2, 0.25) is 0 Å². The van der Waals surface area contributed by atoms with E-state index in [2.05, 4.69) is 5.16 Å². The van der Waals surface area contributed by atoms with Gasteiger partial charge in [0.1, 0.15) is 5.75 Å². The lowest BCUT2D eigenvalue weighted by Gasteiger charge is -2.22. The summed E-state index contributed by atoms with van der Waals surface area (Å²) in [5, 5.41) is 11.4. The highest BCUT2D eigenvalue weighted by Crippen LogP contribution is 2.43. The number of ether oxygens (including phenoxy) is 1. The van der Waals surface area contributed by atoms with Crippen LogP contribution in [0.3, 0.4) is 0 Å². The van der Waals surface area contributed by atoms with E-state index in [0.717, 1.165) is 0 Å². The molecule has 1 rings (SSSR count). The summed E-state index contributed by atoms with van der Waals surface area (Å²) in [5.41, 5.74) is 0.612. The number of hydrogen-bond donors (Lipinski definition) is 1. The van der Waals surface area contributed by atoms with Crippen molar-refractivity contribution >= 4 is 51.6 Å². The summed E-state index contributed by atoms with van der Waals surface area (Å²) in [6.07, 6.45) is 0. The average Bonchev–Trinajstić information content (AvgIpc) is 2.30. The second-order valence-corrected chi connectivity index (χ2v) is 6.16.